The molecule has 0 bridgehead atoms. The number of hydrogen-bond donors (Lipinski definition) is 1. The lowest BCUT2D eigenvalue weighted by Gasteiger charge is -1.96. The van der Waals surface area contributed by atoms with E-state index in [0.29, 0.717) is 0 Å². The Hall–Kier alpha value is -1.54. The summed E-state index contributed by atoms with van der Waals surface area (Å²) in [7, 11) is 0. The van der Waals surface area contributed by atoms with Gasteiger partial charge < -0.3 is 30.0 Å². The third-order valence-electron chi connectivity index (χ3n) is 0.211. The Kier molecular flexibility index (Phi) is 17.6. The van der Waals surface area contributed by atoms with Gasteiger partial charge in [-0.05, 0) is 26.2 Å². The fourth-order valence-corrected chi connectivity index (χ4v) is 0. The molecule has 0 heterocycles. The summed E-state index contributed by atoms with van der Waals surface area (Å²) in [5.41, 5.74) is 0. The molecule has 0 aliphatic rings. The van der Waals surface area contributed by atoms with Gasteiger partial charge in [0, 0.05) is 0 Å². The maximum absolute atomic E-state index is 8.33. The van der Waals surface area contributed by atoms with Crippen molar-refractivity contribution in [1.29, 1.82) is 0 Å². The second kappa shape index (κ2) is 13.1. The topological polar surface area (TPSA) is 156 Å². The molecule has 0 saturated heterocycles. The van der Waals surface area contributed by atoms with E-state index in [9.17, 15) is 0 Å². The molecule has 0 atom stereocenters. The first-order valence-electron chi connectivity index (χ1n) is 2.80. The zero-order chi connectivity index (χ0) is 11.4. The van der Waals surface area contributed by atoms with Crippen molar-refractivity contribution in [2.75, 3.05) is 0 Å². The van der Waals surface area contributed by atoms with Crippen LogP contribution in [0.4, 0.5) is 9.59 Å². The van der Waals surface area contributed by atoms with Crippen molar-refractivity contribution >= 4 is 12.3 Å². The van der Waals surface area contributed by atoms with Gasteiger partial charge in [-0.1, -0.05) is 0 Å². The van der Waals surface area contributed by atoms with E-state index in [2.05, 4.69) is 4.89 Å². The summed E-state index contributed by atoms with van der Waals surface area (Å²) < 4.78 is 0. The van der Waals surface area contributed by atoms with Crippen LogP contribution in [0.1, 0.15) is 13.8 Å². The van der Waals surface area contributed by atoms with Gasteiger partial charge in [-0.15, -0.1) is 0 Å². The molecule has 0 fully saturated rings. The van der Waals surface area contributed by atoms with Crippen molar-refractivity contribution in [2.45, 2.75) is 20.0 Å². The number of hydrogen-bond acceptors (Lipinski definition) is 8. The lowest BCUT2D eigenvalue weighted by Crippen LogP contribution is -2.37. The molecule has 0 aromatic carbocycles. The fourth-order valence-electron chi connectivity index (χ4n) is 0. The lowest BCUT2D eigenvalue weighted by molar-refractivity contribution is -0.417. The first kappa shape index (κ1) is 17.5. The molecule has 0 aliphatic carbocycles. The van der Waals surface area contributed by atoms with Gasteiger partial charge in [-0.2, -0.15) is 0 Å². The molecule has 0 saturated carbocycles. The summed E-state index contributed by atoms with van der Waals surface area (Å²) in [5, 5.41) is 41.0. The van der Waals surface area contributed by atoms with Crippen molar-refractivity contribution in [3.8, 4) is 0 Å². The van der Waals surface area contributed by atoms with E-state index in [-0.39, 0.29) is 6.10 Å². The summed E-state index contributed by atoms with van der Waals surface area (Å²) in [6, 6.07) is 0. The smallest absolute Gasteiger partial charge is 0.0871 e. The van der Waals surface area contributed by atoms with Gasteiger partial charge in [0.2, 0.25) is 0 Å². The molecule has 0 amide bonds. The summed E-state index contributed by atoms with van der Waals surface area (Å²) in [6.07, 6.45) is -4.73. The largest absolute Gasteiger partial charge is 0.652 e. The van der Waals surface area contributed by atoms with Crippen molar-refractivity contribution in [3.63, 3.8) is 0 Å². The van der Waals surface area contributed by atoms with Gasteiger partial charge in [0.1, 0.15) is 0 Å². The zero-order valence-electron chi connectivity index (χ0n) is 6.88. The maximum Gasteiger partial charge on any atom is 0.0871 e. The second-order valence-corrected chi connectivity index (χ2v) is 1.65. The van der Waals surface area contributed by atoms with Gasteiger partial charge in [0.05, 0.1) is 6.10 Å². The van der Waals surface area contributed by atoms with Crippen molar-refractivity contribution in [2.24, 2.45) is 0 Å². The highest BCUT2D eigenvalue weighted by Crippen LogP contribution is 1.77. The number of carbonyl (C=O) groups excluding carboxylic acids is 2. The summed E-state index contributed by atoms with van der Waals surface area (Å²) in [6.45, 7) is 3.50. The van der Waals surface area contributed by atoms with Crippen LogP contribution < -0.4 is 20.4 Å². The summed E-state index contributed by atoms with van der Waals surface area (Å²) in [4.78, 5) is 20.4. The van der Waals surface area contributed by atoms with Crippen molar-refractivity contribution in [1.82, 2.24) is 0 Å². The average molecular weight is 196 g/mol. The molecule has 0 rings (SSSR count). The molecule has 0 aromatic rings. The van der Waals surface area contributed by atoms with Crippen LogP contribution in [0.2, 0.25) is 0 Å². The van der Waals surface area contributed by atoms with Crippen LogP contribution in [0.25, 0.3) is 0 Å². The van der Waals surface area contributed by atoms with Crippen LogP contribution in [0.5, 0.6) is 0 Å². The van der Waals surface area contributed by atoms with Gasteiger partial charge in [0.25, 0.3) is 0 Å². The van der Waals surface area contributed by atoms with E-state index in [4.69, 9.17) is 35.3 Å². The first-order chi connectivity index (χ1) is 5.73. The number of carbonyl (C=O) groups is 2. The molecular formula is C5H8O8-4. The standard InChI is InChI=1S/C3H8O2.2CH2O3/c1-3(2)5-4;2*2-1(3)4/h3-4H,1-2H3;2*(H2,2,3,4)/p-4. The van der Waals surface area contributed by atoms with Crippen LogP contribution in [-0.4, -0.2) is 23.7 Å². The molecule has 0 aliphatic heterocycles. The van der Waals surface area contributed by atoms with Crippen molar-refractivity contribution in [3.05, 3.63) is 0 Å². The van der Waals surface area contributed by atoms with Crippen LogP contribution in [0, 0.1) is 0 Å². The van der Waals surface area contributed by atoms with Crippen LogP contribution >= 0.6 is 0 Å². The highest BCUT2D eigenvalue weighted by molar-refractivity contribution is 5.47. The molecule has 0 radical (unpaired) electrons. The molecule has 0 unspecified atom stereocenters. The van der Waals surface area contributed by atoms with E-state index in [1.807, 2.05) is 0 Å². The number of carboxylic acid groups (broad SMARTS) is 4. The second-order valence-electron chi connectivity index (χ2n) is 1.65. The summed E-state index contributed by atoms with van der Waals surface area (Å²) in [5.74, 6) is 0. The van der Waals surface area contributed by atoms with Crippen LogP contribution in [0.3, 0.4) is 0 Å². The number of rotatable bonds is 1. The SMILES string of the molecule is CC(C)OO.O=C([O-])[O-].O=C([O-])[O-]. The lowest BCUT2D eigenvalue weighted by atomic mass is 10.5. The van der Waals surface area contributed by atoms with Crippen molar-refractivity contribution < 1.29 is 40.2 Å². The van der Waals surface area contributed by atoms with E-state index in [1.165, 1.54) is 0 Å². The van der Waals surface area contributed by atoms with E-state index in [1.54, 1.807) is 13.8 Å². The molecule has 8 heteroatoms. The fraction of sp³-hybridized carbons (Fsp3) is 0.600. The van der Waals surface area contributed by atoms with E-state index >= 15 is 0 Å². The molecule has 0 aromatic heterocycles. The Bertz CT molecular complexity index is 110. The Balaban J connectivity index is -0.000000117. The Labute approximate surface area is 73.5 Å². The third kappa shape index (κ3) is 3540. The molecule has 0 spiro atoms. The molecule has 80 valence electrons. The van der Waals surface area contributed by atoms with E-state index in [0.717, 1.165) is 0 Å². The molecule has 1 N–H and O–H groups in total. The normalized spacial score (nSPS) is 7.38. The predicted octanol–water partition coefficient (Wildman–Crippen LogP) is -4.01. The maximum atomic E-state index is 8.33. The van der Waals surface area contributed by atoms with Crippen LogP contribution in [-0.2, 0) is 4.89 Å². The Morgan fingerprint density at radius 2 is 1.15 bits per heavy atom. The van der Waals surface area contributed by atoms with Gasteiger partial charge in [-0.3, -0.25) is 5.26 Å². The van der Waals surface area contributed by atoms with Gasteiger partial charge in [0.15, 0.2) is 0 Å². The quantitative estimate of drug-likeness (QED) is 0.328. The van der Waals surface area contributed by atoms with E-state index < -0.39 is 12.3 Å². The minimum Gasteiger partial charge on any atom is -0.652 e. The first-order valence-corrected chi connectivity index (χ1v) is 2.80. The highest BCUT2D eigenvalue weighted by atomic mass is 17.1. The molecule has 13 heavy (non-hydrogen) atoms. The zero-order valence-corrected chi connectivity index (χ0v) is 6.88. The minimum absolute atomic E-state index is 0.0602. The Morgan fingerprint density at radius 1 is 1.08 bits per heavy atom. The monoisotopic (exact) mass is 196 g/mol. The molecular weight excluding hydrogens is 188 g/mol. The molecule has 8 nitrogen and oxygen atoms in total. The Morgan fingerprint density at radius 3 is 1.15 bits per heavy atom. The highest BCUT2D eigenvalue weighted by Gasteiger charge is 1.81. The minimum atomic E-state index is -2.33. The van der Waals surface area contributed by atoms with Crippen LogP contribution in [0.15, 0.2) is 0 Å². The predicted molar refractivity (Wildman–Crippen MR) is 29.6 cm³/mol. The van der Waals surface area contributed by atoms with Gasteiger partial charge in [-0.25, -0.2) is 4.89 Å². The van der Waals surface area contributed by atoms with Gasteiger partial charge >= 0.3 is 0 Å². The third-order valence-corrected chi connectivity index (χ3v) is 0.211. The summed E-state index contributed by atoms with van der Waals surface area (Å²) >= 11 is 0. The average Bonchev–Trinajstić information content (AvgIpc) is 1.84.